The number of para-hydroxylation sites is 1. The van der Waals surface area contributed by atoms with Crippen molar-refractivity contribution in [3.63, 3.8) is 0 Å². The largest absolute Gasteiger partial charge is 0.307 e. The topological polar surface area (TPSA) is 113 Å². The molecule has 0 saturated heterocycles. The Bertz CT molecular complexity index is 595. The van der Waals surface area contributed by atoms with Crippen molar-refractivity contribution in [2.45, 2.75) is 23.5 Å². The molecular formula is C14H16ClNO5S. The van der Waals surface area contributed by atoms with E-state index in [1.54, 1.807) is 0 Å². The van der Waals surface area contributed by atoms with E-state index in [1.807, 2.05) is 18.0 Å². The van der Waals surface area contributed by atoms with Crippen LogP contribution in [0, 0.1) is 10.2 Å². The van der Waals surface area contributed by atoms with Crippen molar-refractivity contribution in [3.05, 3.63) is 35.9 Å². The fourth-order valence-corrected chi connectivity index (χ4v) is 5.30. The Morgan fingerprint density at radius 2 is 1.82 bits per heavy atom. The second-order valence-corrected chi connectivity index (χ2v) is 8.00. The van der Waals surface area contributed by atoms with Gasteiger partial charge in [-0.3, -0.25) is 4.79 Å². The number of carbonyl (C=O) groups is 1. The molecule has 2 atom stereocenters. The molecule has 3 rings (SSSR count). The smallest absolute Gasteiger partial charge is 0.280 e. The fourth-order valence-electron chi connectivity index (χ4n) is 2.57. The molecular weight excluding hydrogens is 330 g/mol. The van der Waals surface area contributed by atoms with Crippen LogP contribution in [0.4, 0.5) is 5.69 Å². The number of fused-ring (bicyclic) bond motifs is 3. The minimum atomic E-state index is -4.94. The fraction of sp³-hybridized carbons (Fsp3) is 0.357. The van der Waals surface area contributed by atoms with Crippen molar-refractivity contribution in [2.75, 3.05) is 17.7 Å². The van der Waals surface area contributed by atoms with E-state index in [0.717, 1.165) is 17.9 Å². The molecule has 0 N–H and O–H groups in total. The molecule has 2 aliphatic heterocycles. The summed E-state index contributed by atoms with van der Waals surface area (Å²) in [6.07, 6.45) is 3.14. The van der Waals surface area contributed by atoms with Gasteiger partial charge in [0, 0.05) is 24.4 Å². The lowest BCUT2D eigenvalue weighted by Gasteiger charge is -2.32. The maximum Gasteiger partial charge on any atom is 0.280 e. The van der Waals surface area contributed by atoms with Gasteiger partial charge in [-0.1, -0.05) is 18.2 Å². The van der Waals surface area contributed by atoms with Crippen molar-refractivity contribution in [3.8, 4) is 0 Å². The summed E-state index contributed by atoms with van der Waals surface area (Å²) >= 11 is 0. The average Bonchev–Trinajstić information content (AvgIpc) is 2.43. The molecule has 0 aromatic heterocycles. The van der Waals surface area contributed by atoms with Crippen LogP contribution >= 0.6 is 0 Å². The predicted molar refractivity (Wildman–Crippen MR) is 72.5 cm³/mol. The summed E-state index contributed by atoms with van der Waals surface area (Å²) in [6.45, 7) is 2.18. The van der Waals surface area contributed by atoms with Crippen LogP contribution in [0.25, 0.3) is 0 Å². The van der Waals surface area contributed by atoms with Crippen molar-refractivity contribution >= 4 is 22.5 Å². The normalized spacial score (nSPS) is 23.8. The zero-order chi connectivity index (χ0) is 16.5. The van der Waals surface area contributed by atoms with E-state index in [4.69, 9.17) is 18.6 Å². The molecule has 2 heterocycles. The molecule has 2 aliphatic rings. The highest BCUT2D eigenvalue weighted by Gasteiger charge is 2.47. The van der Waals surface area contributed by atoms with E-state index in [2.05, 4.69) is 31.2 Å². The van der Waals surface area contributed by atoms with Crippen LogP contribution in [0.15, 0.2) is 40.8 Å². The van der Waals surface area contributed by atoms with Gasteiger partial charge in [-0.05, 0) is 24.6 Å². The molecule has 22 heavy (non-hydrogen) atoms. The van der Waals surface area contributed by atoms with E-state index < -0.39 is 10.2 Å². The molecule has 6 nitrogen and oxygen atoms in total. The Balaban J connectivity index is 0.000000309. The zero-order valence-electron chi connectivity index (χ0n) is 12.2. The lowest BCUT2D eigenvalue weighted by molar-refractivity contribution is -2.00. The van der Waals surface area contributed by atoms with Crippen LogP contribution in [-0.4, -0.2) is 24.0 Å². The SMILES string of the molecule is CC1=CCC2C(=O)N(C)c3ccccc3[S+]2C1.[O-][Cl+3]([O-])([O-])[O-]. The number of nitrogens with zero attached hydrogens (tertiary/aromatic N) is 1. The summed E-state index contributed by atoms with van der Waals surface area (Å²) in [7, 11) is -2.97. The lowest BCUT2D eigenvalue weighted by Crippen LogP contribution is -2.68. The average molecular weight is 346 g/mol. The van der Waals surface area contributed by atoms with Gasteiger partial charge in [0.2, 0.25) is 5.25 Å². The summed E-state index contributed by atoms with van der Waals surface area (Å²) in [5, 5.41) is 0.179. The first kappa shape index (κ1) is 17.3. The monoisotopic (exact) mass is 345 g/mol. The highest BCUT2D eigenvalue weighted by atomic mass is 35.7. The van der Waals surface area contributed by atoms with Gasteiger partial charge in [-0.25, -0.2) is 18.6 Å². The Morgan fingerprint density at radius 1 is 1.23 bits per heavy atom. The standard InChI is InChI=1S/C14H16NOS.ClHO4/c1-10-7-8-13-14(16)15(2)11-5-3-4-6-12(11)17(13)9-10;2-1(3,4)5/h3-7,13H,8-9H2,1-2H3;(H,2,3,4,5)/q+1;/p-1. The first-order valence-electron chi connectivity index (χ1n) is 6.52. The Hall–Kier alpha value is -1.09. The van der Waals surface area contributed by atoms with Crippen LogP contribution in [-0.2, 0) is 15.7 Å². The number of anilines is 1. The van der Waals surface area contributed by atoms with E-state index >= 15 is 0 Å². The maximum absolute atomic E-state index is 12.3. The number of carbonyl (C=O) groups excluding carboxylic acids is 1. The second-order valence-electron chi connectivity index (χ2n) is 5.09. The molecule has 0 aliphatic carbocycles. The van der Waals surface area contributed by atoms with Gasteiger partial charge in [0.25, 0.3) is 5.91 Å². The number of halogens is 1. The van der Waals surface area contributed by atoms with E-state index in [-0.39, 0.29) is 22.1 Å². The molecule has 2 unspecified atom stereocenters. The highest BCUT2D eigenvalue weighted by Crippen LogP contribution is 2.39. The van der Waals surface area contributed by atoms with E-state index in [9.17, 15) is 4.79 Å². The number of hydrogen-bond acceptors (Lipinski definition) is 5. The molecule has 0 spiro atoms. The minimum absolute atomic E-state index is 0.0821. The van der Waals surface area contributed by atoms with Crippen LogP contribution in [0.3, 0.4) is 0 Å². The third-order valence-electron chi connectivity index (χ3n) is 3.52. The molecule has 1 aromatic rings. The first-order chi connectivity index (χ1) is 10.2. The highest BCUT2D eigenvalue weighted by molar-refractivity contribution is 7.98. The number of benzene rings is 1. The number of rotatable bonds is 0. The zero-order valence-corrected chi connectivity index (χ0v) is 13.7. The third-order valence-corrected chi connectivity index (χ3v) is 6.28. The summed E-state index contributed by atoms with van der Waals surface area (Å²) in [5.41, 5.74) is 2.53. The quantitative estimate of drug-likeness (QED) is 0.384. The van der Waals surface area contributed by atoms with Crippen molar-refractivity contribution < 1.29 is 33.7 Å². The van der Waals surface area contributed by atoms with Gasteiger partial charge in [-0.15, -0.1) is 10.2 Å². The molecule has 0 saturated carbocycles. The molecule has 120 valence electrons. The van der Waals surface area contributed by atoms with Gasteiger partial charge in [0.15, 0.2) is 4.90 Å². The first-order valence-corrected chi connectivity index (χ1v) is 9.21. The van der Waals surface area contributed by atoms with Crippen molar-refractivity contribution in [1.82, 2.24) is 0 Å². The summed E-state index contributed by atoms with van der Waals surface area (Å²) in [4.78, 5) is 15.5. The molecule has 1 aromatic carbocycles. The molecule has 0 fully saturated rings. The Labute approximate surface area is 133 Å². The summed E-state index contributed by atoms with van der Waals surface area (Å²) < 4.78 is 34.0. The van der Waals surface area contributed by atoms with Gasteiger partial charge in [0.05, 0.1) is 5.69 Å². The van der Waals surface area contributed by atoms with E-state index in [1.165, 1.54) is 10.5 Å². The van der Waals surface area contributed by atoms with Crippen molar-refractivity contribution in [2.24, 2.45) is 0 Å². The number of amides is 1. The predicted octanol–water partition coefficient (Wildman–Crippen LogP) is -2.40. The van der Waals surface area contributed by atoms with Gasteiger partial charge >= 0.3 is 0 Å². The third kappa shape index (κ3) is 4.01. The minimum Gasteiger partial charge on any atom is -0.307 e. The lowest BCUT2D eigenvalue weighted by atomic mass is 10.1. The molecule has 0 radical (unpaired) electrons. The van der Waals surface area contributed by atoms with Crippen LogP contribution in [0.5, 0.6) is 0 Å². The Morgan fingerprint density at radius 3 is 2.45 bits per heavy atom. The molecule has 8 heteroatoms. The van der Waals surface area contributed by atoms with Crippen molar-refractivity contribution in [1.29, 1.82) is 0 Å². The van der Waals surface area contributed by atoms with Crippen LogP contribution in [0.1, 0.15) is 13.3 Å². The summed E-state index contributed by atoms with van der Waals surface area (Å²) in [6, 6.07) is 8.34. The van der Waals surface area contributed by atoms with Gasteiger partial charge in [-0.2, -0.15) is 0 Å². The Kier molecular flexibility index (Phi) is 5.16. The molecule has 0 bridgehead atoms. The van der Waals surface area contributed by atoms with Crippen LogP contribution < -0.4 is 23.5 Å². The van der Waals surface area contributed by atoms with Gasteiger partial charge in [0.1, 0.15) is 5.75 Å². The molecule has 1 amide bonds. The summed E-state index contributed by atoms with van der Waals surface area (Å²) in [5.74, 6) is 1.34. The van der Waals surface area contributed by atoms with Gasteiger partial charge < -0.3 is 4.90 Å². The number of hydrogen-bond donors (Lipinski definition) is 0. The van der Waals surface area contributed by atoms with Crippen LogP contribution in [0.2, 0.25) is 0 Å². The second kappa shape index (κ2) is 6.57. The number of allylic oxidation sites excluding steroid dienone is 1. The van der Waals surface area contributed by atoms with E-state index in [0.29, 0.717) is 0 Å². The maximum atomic E-state index is 12.3.